The fourth-order valence-electron chi connectivity index (χ4n) is 3.70. The van der Waals surface area contributed by atoms with Crippen molar-refractivity contribution in [2.75, 3.05) is 18.4 Å². The van der Waals surface area contributed by atoms with Crippen molar-refractivity contribution in [2.24, 2.45) is 5.92 Å². The number of rotatable bonds is 4. The first kappa shape index (κ1) is 28.3. The largest absolute Gasteiger partial charge is 0.416 e. The number of carbonyl (C=O) groups is 1. The summed E-state index contributed by atoms with van der Waals surface area (Å²) in [5.74, 6) is -3.31. The van der Waals surface area contributed by atoms with Gasteiger partial charge < -0.3 is 10.6 Å². The molecule has 192 valence electrons. The summed E-state index contributed by atoms with van der Waals surface area (Å²) in [7, 11) is 0. The minimum atomic E-state index is -4.74. The highest BCUT2D eigenvalue weighted by Crippen LogP contribution is 2.43. The van der Waals surface area contributed by atoms with E-state index in [1.165, 1.54) is 6.07 Å². The minimum absolute atomic E-state index is 0.0392. The van der Waals surface area contributed by atoms with Gasteiger partial charge in [0, 0.05) is 37.3 Å². The van der Waals surface area contributed by atoms with E-state index in [9.17, 15) is 31.1 Å². The number of hydrogen-bond donors (Lipinski definition) is 2. The van der Waals surface area contributed by atoms with Gasteiger partial charge in [0.05, 0.1) is 22.9 Å². The van der Waals surface area contributed by atoms with Crippen LogP contribution >= 0.6 is 0 Å². The summed E-state index contributed by atoms with van der Waals surface area (Å²) in [6, 6.07) is 2.80. The molecule has 0 saturated carbocycles. The van der Waals surface area contributed by atoms with Crippen LogP contribution in [0.25, 0.3) is 16.8 Å². The lowest BCUT2D eigenvalue weighted by atomic mass is 9.91. The molecule has 2 atom stereocenters. The van der Waals surface area contributed by atoms with Crippen LogP contribution in [0.15, 0.2) is 30.5 Å². The maximum Gasteiger partial charge on any atom is 0.416 e. The molecule has 2 unspecified atom stereocenters. The zero-order valence-corrected chi connectivity index (χ0v) is 20.0. The van der Waals surface area contributed by atoms with Gasteiger partial charge in [-0.25, -0.2) is 9.97 Å². The summed E-state index contributed by atoms with van der Waals surface area (Å²) in [6.45, 7) is 8.74. The summed E-state index contributed by atoms with van der Waals surface area (Å²) in [4.78, 5) is 19.7. The molecule has 3 rings (SSSR count). The molecule has 0 radical (unpaired) electrons. The van der Waals surface area contributed by atoms with Gasteiger partial charge >= 0.3 is 12.4 Å². The Balaban J connectivity index is 0.00000210. The second-order valence-electron chi connectivity index (χ2n) is 7.91. The van der Waals surface area contributed by atoms with Gasteiger partial charge in [0.25, 0.3) is 0 Å². The fraction of sp³-hybridized carbons (Fsp3) is 0.458. The van der Waals surface area contributed by atoms with E-state index in [-0.39, 0.29) is 28.7 Å². The van der Waals surface area contributed by atoms with Crippen molar-refractivity contribution in [3.05, 3.63) is 47.3 Å². The van der Waals surface area contributed by atoms with Crippen LogP contribution in [0.4, 0.5) is 32.2 Å². The van der Waals surface area contributed by atoms with Crippen LogP contribution in [0.5, 0.6) is 0 Å². The number of carbonyl (C=O) groups excluding carboxylic acids is 1. The zero-order valence-electron chi connectivity index (χ0n) is 20.0. The third-order valence-electron chi connectivity index (χ3n) is 5.38. The van der Waals surface area contributed by atoms with E-state index in [4.69, 9.17) is 0 Å². The van der Waals surface area contributed by atoms with Crippen LogP contribution in [0.3, 0.4) is 0 Å². The number of halogens is 6. The Kier molecular flexibility index (Phi) is 9.05. The van der Waals surface area contributed by atoms with Gasteiger partial charge in [-0.2, -0.15) is 26.3 Å². The van der Waals surface area contributed by atoms with E-state index in [1.807, 2.05) is 20.8 Å². The Bertz CT molecular complexity index is 1080. The summed E-state index contributed by atoms with van der Waals surface area (Å²) in [5, 5.41) is 5.34. The normalized spacial score (nSPS) is 17.1. The highest BCUT2D eigenvalue weighted by molar-refractivity contribution is 5.90. The molecule has 5 nitrogen and oxygen atoms in total. The van der Waals surface area contributed by atoms with Crippen molar-refractivity contribution in [3.8, 4) is 11.3 Å². The molecular weight excluding hydrogens is 474 g/mol. The lowest BCUT2D eigenvalue weighted by Gasteiger charge is -2.24. The number of alkyl halides is 6. The van der Waals surface area contributed by atoms with E-state index in [0.29, 0.717) is 18.7 Å². The van der Waals surface area contributed by atoms with Crippen LogP contribution in [-0.4, -0.2) is 35.1 Å². The smallest absolute Gasteiger partial charge is 0.313 e. The third kappa shape index (κ3) is 6.81. The van der Waals surface area contributed by atoms with Crippen LogP contribution in [-0.2, 0) is 11.0 Å². The summed E-state index contributed by atoms with van der Waals surface area (Å²) >= 11 is 0. The Morgan fingerprint density at radius 2 is 1.77 bits per heavy atom. The number of pyridine rings is 2. The SMILES string of the molecule is CC.CC(=O)Nc1nccc(-c2cc(C(F)(F)F)cc(C3=CCNCC3C)n2)c1C(C)C(F)(F)F. The van der Waals surface area contributed by atoms with E-state index >= 15 is 0 Å². The lowest BCUT2D eigenvalue weighted by molar-refractivity contribution is -0.146. The topological polar surface area (TPSA) is 66.9 Å². The molecule has 0 saturated heterocycles. The predicted molar refractivity (Wildman–Crippen MR) is 123 cm³/mol. The molecule has 0 bridgehead atoms. The summed E-state index contributed by atoms with van der Waals surface area (Å²) < 4.78 is 82.2. The average molecular weight is 503 g/mol. The van der Waals surface area contributed by atoms with E-state index in [0.717, 1.165) is 32.2 Å². The number of aromatic nitrogens is 2. The van der Waals surface area contributed by atoms with Gasteiger partial charge in [-0.3, -0.25) is 4.79 Å². The molecule has 2 aromatic rings. The first-order chi connectivity index (χ1) is 16.3. The number of hydrogen-bond acceptors (Lipinski definition) is 4. The molecule has 2 N–H and O–H groups in total. The zero-order chi connectivity index (χ0) is 26.6. The molecule has 1 aliphatic heterocycles. The van der Waals surface area contributed by atoms with E-state index in [2.05, 4.69) is 20.6 Å². The molecule has 11 heteroatoms. The molecule has 3 heterocycles. The Morgan fingerprint density at radius 1 is 1.14 bits per heavy atom. The van der Waals surface area contributed by atoms with E-state index < -0.39 is 35.3 Å². The molecule has 1 amide bonds. The Morgan fingerprint density at radius 3 is 2.31 bits per heavy atom. The maximum absolute atomic E-state index is 13.7. The number of amides is 1. The Hall–Kier alpha value is -2.95. The Labute approximate surface area is 200 Å². The first-order valence-electron chi connectivity index (χ1n) is 11.1. The standard InChI is InChI=1S/C22H22F6N4O.C2H6/c1-11-10-29-6-4-15(11)17-8-14(22(26,27)28)9-18(32-17)16-5-7-30-20(31-13(3)33)19(16)12(2)21(23,24)25;1-2/h4-5,7-9,11-12,29H,6,10H2,1-3H3,(H,30,31,33);1-2H3. The number of nitrogens with zero attached hydrogens (tertiary/aromatic N) is 2. The van der Waals surface area contributed by atoms with Gasteiger partial charge in [0.1, 0.15) is 5.82 Å². The van der Waals surface area contributed by atoms with Crippen LogP contribution < -0.4 is 10.6 Å². The average Bonchev–Trinajstić information content (AvgIpc) is 2.78. The summed E-state index contributed by atoms with van der Waals surface area (Å²) in [5.41, 5.74) is -1.34. The molecule has 0 fully saturated rings. The van der Waals surface area contributed by atoms with Crippen molar-refractivity contribution in [1.29, 1.82) is 0 Å². The molecule has 35 heavy (non-hydrogen) atoms. The van der Waals surface area contributed by atoms with Gasteiger partial charge in [-0.05, 0) is 36.6 Å². The molecule has 0 aliphatic carbocycles. The molecule has 2 aromatic heterocycles. The third-order valence-corrected chi connectivity index (χ3v) is 5.38. The predicted octanol–water partition coefficient (Wildman–Crippen LogP) is 6.44. The van der Waals surface area contributed by atoms with Crippen molar-refractivity contribution < 1.29 is 31.1 Å². The first-order valence-corrected chi connectivity index (χ1v) is 11.1. The highest BCUT2D eigenvalue weighted by Gasteiger charge is 2.41. The molecule has 0 aromatic carbocycles. The highest BCUT2D eigenvalue weighted by atomic mass is 19.4. The van der Waals surface area contributed by atoms with E-state index in [1.54, 1.807) is 6.08 Å². The second kappa shape index (κ2) is 11.2. The summed E-state index contributed by atoms with van der Waals surface area (Å²) in [6.07, 6.45) is -6.63. The van der Waals surface area contributed by atoms with Gasteiger partial charge in [0.2, 0.25) is 5.91 Å². The number of nitrogens with one attached hydrogen (secondary N) is 2. The minimum Gasteiger partial charge on any atom is -0.313 e. The van der Waals surface area contributed by atoms with Crippen molar-refractivity contribution in [2.45, 2.75) is 52.9 Å². The van der Waals surface area contributed by atoms with Crippen LogP contribution in [0.1, 0.15) is 57.4 Å². The van der Waals surface area contributed by atoms with Gasteiger partial charge in [-0.1, -0.05) is 26.8 Å². The van der Waals surface area contributed by atoms with Crippen molar-refractivity contribution in [1.82, 2.24) is 15.3 Å². The monoisotopic (exact) mass is 502 g/mol. The van der Waals surface area contributed by atoms with Gasteiger partial charge in [-0.15, -0.1) is 0 Å². The lowest BCUT2D eigenvalue weighted by Crippen LogP contribution is -2.27. The van der Waals surface area contributed by atoms with Crippen LogP contribution in [0.2, 0.25) is 0 Å². The van der Waals surface area contributed by atoms with Crippen molar-refractivity contribution >= 4 is 17.3 Å². The number of anilines is 1. The molecule has 1 aliphatic rings. The van der Waals surface area contributed by atoms with Gasteiger partial charge in [0.15, 0.2) is 0 Å². The maximum atomic E-state index is 13.7. The fourth-order valence-corrected chi connectivity index (χ4v) is 3.70. The molecular formula is C24H28F6N4O. The van der Waals surface area contributed by atoms with Crippen molar-refractivity contribution in [3.63, 3.8) is 0 Å². The second-order valence-corrected chi connectivity index (χ2v) is 7.91. The van der Waals surface area contributed by atoms with Crippen LogP contribution in [0, 0.1) is 5.92 Å². The molecule has 0 spiro atoms. The quantitative estimate of drug-likeness (QED) is 0.473.